The summed E-state index contributed by atoms with van der Waals surface area (Å²) in [7, 11) is 0. The van der Waals surface area contributed by atoms with Crippen LogP contribution in [0, 0.1) is 12.8 Å². The maximum Gasteiger partial charge on any atom is 0.256 e. The fourth-order valence-electron chi connectivity index (χ4n) is 3.25. The van der Waals surface area contributed by atoms with Crippen LogP contribution in [0.2, 0.25) is 0 Å². The van der Waals surface area contributed by atoms with E-state index in [1.807, 2.05) is 13.8 Å². The van der Waals surface area contributed by atoms with Crippen LogP contribution >= 0.6 is 0 Å². The highest BCUT2D eigenvalue weighted by Gasteiger charge is 2.25. The summed E-state index contributed by atoms with van der Waals surface area (Å²) in [6.45, 7) is 11.2. The molecule has 0 radical (unpaired) electrons. The van der Waals surface area contributed by atoms with Crippen molar-refractivity contribution in [3.05, 3.63) is 17.0 Å². The van der Waals surface area contributed by atoms with Crippen molar-refractivity contribution in [1.82, 2.24) is 15.4 Å². The maximum absolute atomic E-state index is 12.4. The Kier molecular flexibility index (Phi) is 6.00. The first-order valence-corrected chi connectivity index (χ1v) is 8.50. The average molecular weight is 307 g/mol. The lowest BCUT2D eigenvalue weighted by Gasteiger charge is -2.36. The third-order valence-electron chi connectivity index (χ3n) is 4.33. The van der Waals surface area contributed by atoms with Gasteiger partial charge in [-0.05, 0) is 32.2 Å². The first-order chi connectivity index (χ1) is 10.5. The molecule has 1 aliphatic rings. The van der Waals surface area contributed by atoms with E-state index in [0.29, 0.717) is 41.9 Å². The van der Waals surface area contributed by atoms with Crippen molar-refractivity contribution in [2.24, 2.45) is 5.92 Å². The van der Waals surface area contributed by atoms with E-state index in [1.54, 1.807) is 0 Å². The van der Waals surface area contributed by atoms with E-state index in [1.165, 1.54) is 12.8 Å². The molecule has 2 heterocycles. The average Bonchev–Trinajstić information content (AvgIpc) is 2.86. The molecule has 1 aliphatic heterocycles. The number of rotatable bonds is 6. The Morgan fingerprint density at radius 1 is 1.45 bits per heavy atom. The molecule has 1 atom stereocenters. The van der Waals surface area contributed by atoms with Gasteiger partial charge in [0, 0.05) is 25.6 Å². The van der Waals surface area contributed by atoms with Gasteiger partial charge in [-0.25, -0.2) is 0 Å². The van der Waals surface area contributed by atoms with Crippen molar-refractivity contribution in [2.75, 3.05) is 19.6 Å². The van der Waals surface area contributed by atoms with Crippen LogP contribution < -0.4 is 5.32 Å². The van der Waals surface area contributed by atoms with E-state index in [0.717, 1.165) is 19.5 Å². The molecule has 2 rings (SSSR count). The van der Waals surface area contributed by atoms with Crippen LogP contribution in [0.5, 0.6) is 0 Å². The van der Waals surface area contributed by atoms with Crippen LogP contribution in [-0.4, -0.2) is 41.6 Å². The second-order valence-corrected chi connectivity index (χ2v) is 6.67. The lowest BCUT2D eigenvalue weighted by atomic mass is 10.00. The van der Waals surface area contributed by atoms with Crippen LogP contribution in [0.4, 0.5) is 0 Å². The number of aryl methyl sites for hydroxylation is 2. The third-order valence-corrected chi connectivity index (χ3v) is 4.33. The van der Waals surface area contributed by atoms with E-state index >= 15 is 0 Å². The third kappa shape index (κ3) is 4.09. The predicted octanol–water partition coefficient (Wildman–Crippen LogP) is 2.79. The zero-order valence-corrected chi connectivity index (χ0v) is 14.3. The van der Waals surface area contributed by atoms with E-state index in [9.17, 15) is 4.79 Å². The molecule has 5 heteroatoms. The molecule has 22 heavy (non-hydrogen) atoms. The number of hydrogen-bond donors (Lipinski definition) is 1. The fraction of sp³-hybridized carbons (Fsp3) is 0.765. The zero-order chi connectivity index (χ0) is 16.1. The quantitative estimate of drug-likeness (QED) is 0.878. The summed E-state index contributed by atoms with van der Waals surface area (Å²) >= 11 is 0. The smallest absolute Gasteiger partial charge is 0.256 e. The van der Waals surface area contributed by atoms with Crippen molar-refractivity contribution in [2.45, 2.75) is 59.4 Å². The minimum Gasteiger partial charge on any atom is -0.360 e. The van der Waals surface area contributed by atoms with Gasteiger partial charge in [0.25, 0.3) is 5.91 Å². The number of nitrogens with one attached hydrogen (secondary N) is 1. The van der Waals surface area contributed by atoms with Gasteiger partial charge in [-0.3, -0.25) is 9.69 Å². The number of carbonyl (C=O) groups excluding carboxylic acids is 1. The standard InChI is InChI=1S/C17H29N3O2/c1-5-15-16(13(4)19-22-15)17(21)18-10-14-8-6-7-9-20(14)11-12(2)3/h12,14H,5-11H2,1-4H3,(H,18,21). The normalized spacial score (nSPS) is 19.6. The summed E-state index contributed by atoms with van der Waals surface area (Å²) in [4.78, 5) is 15.0. The number of amides is 1. The van der Waals surface area contributed by atoms with Gasteiger partial charge in [0.2, 0.25) is 0 Å². The van der Waals surface area contributed by atoms with Crippen molar-refractivity contribution in [1.29, 1.82) is 0 Å². The second kappa shape index (κ2) is 7.77. The van der Waals surface area contributed by atoms with Crippen molar-refractivity contribution >= 4 is 5.91 Å². The summed E-state index contributed by atoms with van der Waals surface area (Å²) in [5.41, 5.74) is 1.30. The molecule has 1 saturated heterocycles. The zero-order valence-electron chi connectivity index (χ0n) is 14.3. The topological polar surface area (TPSA) is 58.4 Å². The van der Waals surface area contributed by atoms with E-state index in [2.05, 4.69) is 29.2 Å². The minimum absolute atomic E-state index is 0.0503. The molecule has 1 aromatic rings. The highest BCUT2D eigenvalue weighted by Crippen LogP contribution is 2.19. The number of nitrogens with zero attached hydrogens (tertiary/aromatic N) is 2. The largest absolute Gasteiger partial charge is 0.360 e. The molecule has 0 aromatic carbocycles. The molecular weight excluding hydrogens is 278 g/mol. The Hall–Kier alpha value is -1.36. The lowest BCUT2D eigenvalue weighted by molar-refractivity contribution is 0.0900. The van der Waals surface area contributed by atoms with Gasteiger partial charge in [-0.2, -0.15) is 0 Å². The number of aromatic nitrogens is 1. The Labute approximate surface area is 133 Å². The molecule has 1 unspecified atom stereocenters. The molecule has 124 valence electrons. The van der Waals surface area contributed by atoms with Gasteiger partial charge < -0.3 is 9.84 Å². The molecular formula is C17H29N3O2. The monoisotopic (exact) mass is 307 g/mol. The number of piperidine rings is 1. The Balaban J connectivity index is 1.95. The summed E-state index contributed by atoms with van der Waals surface area (Å²) < 4.78 is 5.21. The highest BCUT2D eigenvalue weighted by atomic mass is 16.5. The summed E-state index contributed by atoms with van der Waals surface area (Å²) in [5, 5.41) is 7.00. The second-order valence-electron chi connectivity index (χ2n) is 6.67. The molecule has 0 bridgehead atoms. The predicted molar refractivity (Wildman–Crippen MR) is 87.0 cm³/mol. The molecule has 1 aromatic heterocycles. The number of hydrogen-bond acceptors (Lipinski definition) is 4. The summed E-state index contributed by atoms with van der Waals surface area (Å²) in [5.74, 6) is 1.28. The minimum atomic E-state index is -0.0503. The molecule has 0 saturated carbocycles. The van der Waals surface area contributed by atoms with Gasteiger partial charge in [0.1, 0.15) is 11.3 Å². The fourth-order valence-corrected chi connectivity index (χ4v) is 3.25. The van der Waals surface area contributed by atoms with Crippen LogP contribution in [0.1, 0.15) is 61.8 Å². The molecule has 1 fully saturated rings. The number of likely N-dealkylation sites (tertiary alicyclic amines) is 1. The van der Waals surface area contributed by atoms with Gasteiger partial charge in [0.15, 0.2) is 0 Å². The Morgan fingerprint density at radius 3 is 2.91 bits per heavy atom. The first-order valence-electron chi connectivity index (χ1n) is 8.50. The van der Waals surface area contributed by atoms with Crippen LogP contribution in [0.3, 0.4) is 0 Å². The SMILES string of the molecule is CCc1onc(C)c1C(=O)NCC1CCCCN1CC(C)C. The van der Waals surface area contributed by atoms with E-state index in [4.69, 9.17) is 4.52 Å². The van der Waals surface area contributed by atoms with Crippen LogP contribution in [-0.2, 0) is 6.42 Å². The van der Waals surface area contributed by atoms with E-state index < -0.39 is 0 Å². The van der Waals surface area contributed by atoms with Crippen molar-refractivity contribution in [3.63, 3.8) is 0 Å². The highest BCUT2D eigenvalue weighted by molar-refractivity contribution is 5.96. The molecule has 1 amide bonds. The van der Waals surface area contributed by atoms with Gasteiger partial charge in [0.05, 0.1) is 5.69 Å². The van der Waals surface area contributed by atoms with Gasteiger partial charge in [-0.1, -0.05) is 32.3 Å². The molecule has 0 spiro atoms. The molecule has 0 aliphatic carbocycles. The van der Waals surface area contributed by atoms with Gasteiger partial charge >= 0.3 is 0 Å². The van der Waals surface area contributed by atoms with Crippen LogP contribution in [0.25, 0.3) is 0 Å². The van der Waals surface area contributed by atoms with Crippen LogP contribution in [0.15, 0.2) is 4.52 Å². The Bertz CT molecular complexity index is 496. The van der Waals surface area contributed by atoms with Crippen molar-refractivity contribution < 1.29 is 9.32 Å². The summed E-state index contributed by atoms with van der Waals surface area (Å²) in [6, 6.07) is 0.449. The van der Waals surface area contributed by atoms with Gasteiger partial charge in [-0.15, -0.1) is 0 Å². The molecule has 5 nitrogen and oxygen atoms in total. The Morgan fingerprint density at radius 2 is 2.23 bits per heavy atom. The number of carbonyl (C=O) groups is 1. The maximum atomic E-state index is 12.4. The summed E-state index contributed by atoms with van der Waals surface area (Å²) in [6.07, 6.45) is 4.37. The van der Waals surface area contributed by atoms with E-state index in [-0.39, 0.29) is 5.91 Å². The molecule has 1 N–H and O–H groups in total. The first kappa shape index (κ1) is 17.0. The van der Waals surface area contributed by atoms with Crippen molar-refractivity contribution in [3.8, 4) is 0 Å². The lowest BCUT2D eigenvalue weighted by Crippen LogP contribution is -2.48.